The van der Waals surface area contributed by atoms with Crippen LogP contribution in [0.2, 0.25) is 0 Å². The average molecular weight is 140 g/mol. The molecule has 0 fully saturated rings. The van der Waals surface area contributed by atoms with Crippen molar-refractivity contribution in [3.63, 3.8) is 0 Å². The number of hydrogen-bond acceptors (Lipinski definition) is 1. The minimum absolute atomic E-state index is 0.169. The van der Waals surface area contributed by atoms with E-state index >= 15 is 0 Å². The van der Waals surface area contributed by atoms with Gasteiger partial charge >= 0.3 is 0 Å². The molecule has 0 aliphatic rings. The molecule has 0 aliphatic heterocycles. The van der Waals surface area contributed by atoms with Crippen LogP contribution < -0.4 is 0 Å². The Morgan fingerprint density at radius 2 is 2.00 bits per heavy atom. The third-order valence-corrected chi connectivity index (χ3v) is 1.57. The smallest absolute Gasteiger partial charge is 0.135 e. The van der Waals surface area contributed by atoms with Gasteiger partial charge in [-0.2, -0.15) is 0 Å². The van der Waals surface area contributed by atoms with Crippen LogP contribution in [0.4, 0.5) is 0 Å². The lowest BCUT2D eigenvalue weighted by Crippen LogP contribution is -2.09. The molecule has 0 radical (unpaired) electrons. The zero-order valence-corrected chi connectivity index (χ0v) is 7.05. The second kappa shape index (κ2) is 4.26. The van der Waals surface area contributed by atoms with Crippen molar-refractivity contribution in [3.05, 3.63) is 12.7 Å². The Bertz CT molecular complexity index is 125. The first kappa shape index (κ1) is 9.41. The van der Waals surface area contributed by atoms with Gasteiger partial charge in [-0.3, -0.25) is 4.79 Å². The molecule has 58 valence electrons. The monoisotopic (exact) mass is 140 g/mol. The molecule has 1 unspecified atom stereocenters. The van der Waals surface area contributed by atoms with Crippen molar-refractivity contribution in [1.82, 2.24) is 0 Å². The molecule has 0 saturated carbocycles. The van der Waals surface area contributed by atoms with Crippen molar-refractivity contribution in [3.8, 4) is 0 Å². The lowest BCUT2D eigenvalue weighted by molar-refractivity contribution is -0.122. The molecule has 0 heterocycles. The Morgan fingerprint density at radius 3 is 2.30 bits per heavy atom. The summed E-state index contributed by atoms with van der Waals surface area (Å²) < 4.78 is 0. The fraction of sp³-hybridized carbons (Fsp3) is 0.667. The van der Waals surface area contributed by atoms with Crippen molar-refractivity contribution >= 4 is 5.78 Å². The molecule has 1 heteroatoms. The van der Waals surface area contributed by atoms with Crippen LogP contribution in [-0.4, -0.2) is 5.78 Å². The van der Waals surface area contributed by atoms with Gasteiger partial charge in [-0.15, -0.1) is 6.58 Å². The number of allylic oxidation sites excluding steroid dienone is 1. The second-order valence-electron chi connectivity index (χ2n) is 3.04. The summed E-state index contributed by atoms with van der Waals surface area (Å²) in [6, 6.07) is 0. The van der Waals surface area contributed by atoms with Crippen molar-refractivity contribution in [2.45, 2.75) is 27.2 Å². The second-order valence-corrected chi connectivity index (χ2v) is 3.04. The molecule has 0 aromatic carbocycles. The fourth-order valence-corrected chi connectivity index (χ4v) is 0.636. The number of carbonyl (C=O) groups is 1. The summed E-state index contributed by atoms with van der Waals surface area (Å²) in [5.74, 6) is 0.824. The SMILES string of the molecule is C=CC(C)CC(=O)C(C)C. The minimum Gasteiger partial charge on any atom is -0.299 e. The van der Waals surface area contributed by atoms with Crippen molar-refractivity contribution < 1.29 is 4.79 Å². The molecular weight excluding hydrogens is 124 g/mol. The van der Waals surface area contributed by atoms with Crippen LogP contribution in [-0.2, 0) is 4.79 Å². The first-order valence-corrected chi connectivity index (χ1v) is 3.73. The van der Waals surface area contributed by atoms with Gasteiger partial charge in [-0.25, -0.2) is 0 Å². The number of hydrogen-bond donors (Lipinski definition) is 0. The lowest BCUT2D eigenvalue weighted by Gasteiger charge is -2.06. The van der Waals surface area contributed by atoms with E-state index in [-0.39, 0.29) is 5.92 Å². The Kier molecular flexibility index (Phi) is 4.01. The van der Waals surface area contributed by atoms with Crippen LogP contribution >= 0.6 is 0 Å². The first-order chi connectivity index (χ1) is 4.57. The van der Waals surface area contributed by atoms with Gasteiger partial charge in [0.2, 0.25) is 0 Å². The highest BCUT2D eigenvalue weighted by Gasteiger charge is 2.09. The number of rotatable bonds is 4. The van der Waals surface area contributed by atoms with E-state index in [9.17, 15) is 4.79 Å². The molecule has 0 aromatic rings. The van der Waals surface area contributed by atoms with Crippen molar-refractivity contribution in [2.24, 2.45) is 11.8 Å². The van der Waals surface area contributed by atoms with E-state index in [4.69, 9.17) is 0 Å². The molecule has 0 aliphatic carbocycles. The van der Waals surface area contributed by atoms with Gasteiger partial charge in [-0.1, -0.05) is 26.8 Å². The van der Waals surface area contributed by atoms with E-state index in [0.29, 0.717) is 18.1 Å². The summed E-state index contributed by atoms with van der Waals surface area (Å²) in [5, 5.41) is 0. The third kappa shape index (κ3) is 3.44. The van der Waals surface area contributed by atoms with Crippen LogP contribution in [0.1, 0.15) is 27.2 Å². The van der Waals surface area contributed by atoms with Gasteiger partial charge in [0.15, 0.2) is 0 Å². The predicted molar refractivity (Wildman–Crippen MR) is 43.8 cm³/mol. The molecule has 0 N–H and O–H groups in total. The summed E-state index contributed by atoms with van der Waals surface area (Å²) in [5.41, 5.74) is 0. The maximum absolute atomic E-state index is 11.1. The van der Waals surface area contributed by atoms with E-state index in [1.165, 1.54) is 0 Å². The largest absolute Gasteiger partial charge is 0.299 e. The van der Waals surface area contributed by atoms with E-state index < -0.39 is 0 Å². The van der Waals surface area contributed by atoms with Gasteiger partial charge < -0.3 is 0 Å². The van der Waals surface area contributed by atoms with E-state index in [2.05, 4.69) is 6.58 Å². The Hall–Kier alpha value is -0.590. The molecule has 0 bridgehead atoms. The summed E-state index contributed by atoms with van der Waals surface area (Å²) in [6.45, 7) is 9.49. The molecule has 10 heavy (non-hydrogen) atoms. The molecule has 0 amide bonds. The van der Waals surface area contributed by atoms with Gasteiger partial charge in [0.1, 0.15) is 5.78 Å². The van der Waals surface area contributed by atoms with Crippen molar-refractivity contribution in [2.75, 3.05) is 0 Å². The maximum Gasteiger partial charge on any atom is 0.135 e. The molecule has 0 aromatic heterocycles. The molecular formula is C9H16O. The third-order valence-electron chi connectivity index (χ3n) is 1.57. The first-order valence-electron chi connectivity index (χ1n) is 3.73. The zero-order valence-electron chi connectivity index (χ0n) is 7.05. The van der Waals surface area contributed by atoms with E-state index in [0.717, 1.165) is 0 Å². The van der Waals surface area contributed by atoms with Gasteiger partial charge in [0.25, 0.3) is 0 Å². The molecule has 0 rings (SSSR count). The van der Waals surface area contributed by atoms with Crippen molar-refractivity contribution in [1.29, 1.82) is 0 Å². The van der Waals surface area contributed by atoms with E-state index in [1.54, 1.807) is 0 Å². The molecule has 1 atom stereocenters. The van der Waals surface area contributed by atoms with E-state index in [1.807, 2.05) is 26.8 Å². The zero-order chi connectivity index (χ0) is 8.15. The highest BCUT2D eigenvalue weighted by atomic mass is 16.1. The van der Waals surface area contributed by atoms with Gasteiger partial charge in [-0.05, 0) is 5.92 Å². The number of Topliss-reactive ketones (excluding diaryl/α,β-unsaturated/α-hetero) is 1. The fourth-order valence-electron chi connectivity index (χ4n) is 0.636. The average Bonchev–Trinajstić information content (AvgIpc) is 1.87. The topological polar surface area (TPSA) is 17.1 Å². The Labute approximate surface area is 63.1 Å². The van der Waals surface area contributed by atoms with Crippen LogP contribution in [0.5, 0.6) is 0 Å². The highest BCUT2D eigenvalue weighted by molar-refractivity contribution is 5.80. The van der Waals surface area contributed by atoms with Crippen LogP contribution in [0.25, 0.3) is 0 Å². The number of ketones is 1. The number of carbonyl (C=O) groups excluding carboxylic acids is 1. The summed E-state index contributed by atoms with van der Waals surface area (Å²) >= 11 is 0. The summed E-state index contributed by atoms with van der Waals surface area (Å²) in [7, 11) is 0. The molecule has 0 spiro atoms. The molecule has 0 saturated heterocycles. The lowest BCUT2D eigenvalue weighted by atomic mass is 9.98. The van der Waals surface area contributed by atoms with Crippen LogP contribution in [0.15, 0.2) is 12.7 Å². The highest BCUT2D eigenvalue weighted by Crippen LogP contribution is 2.07. The Morgan fingerprint density at radius 1 is 1.50 bits per heavy atom. The van der Waals surface area contributed by atoms with Gasteiger partial charge in [0.05, 0.1) is 0 Å². The standard InChI is InChI=1S/C9H16O/c1-5-8(4)6-9(10)7(2)3/h5,7-8H,1,6H2,2-4H3. The maximum atomic E-state index is 11.1. The van der Waals surface area contributed by atoms with Crippen LogP contribution in [0, 0.1) is 11.8 Å². The summed E-state index contributed by atoms with van der Waals surface area (Å²) in [4.78, 5) is 11.1. The van der Waals surface area contributed by atoms with Crippen LogP contribution in [0.3, 0.4) is 0 Å². The minimum atomic E-state index is 0.169. The molecule has 1 nitrogen and oxygen atoms in total. The summed E-state index contributed by atoms with van der Waals surface area (Å²) in [6.07, 6.45) is 2.46. The van der Waals surface area contributed by atoms with Gasteiger partial charge in [0, 0.05) is 12.3 Å². The predicted octanol–water partition coefficient (Wildman–Crippen LogP) is 2.42. The normalized spacial score (nSPS) is 13.2. The quantitative estimate of drug-likeness (QED) is 0.548. The Balaban J connectivity index is 3.68.